The summed E-state index contributed by atoms with van der Waals surface area (Å²) < 4.78 is 49.5. The van der Waals surface area contributed by atoms with Gasteiger partial charge >= 0.3 is 0 Å². The van der Waals surface area contributed by atoms with Gasteiger partial charge in [0.05, 0.1) is 16.0 Å². The van der Waals surface area contributed by atoms with Gasteiger partial charge in [0, 0.05) is 12.8 Å². The number of benzene rings is 1. The van der Waals surface area contributed by atoms with Crippen LogP contribution in [0, 0.1) is 0 Å². The molecule has 0 fully saturated rings. The van der Waals surface area contributed by atoms with Crippen molar-refractivity contribution in [2.45, 2.75) is 35.7 Å². The maximum absolute atomic E-state index is 12.1. The van der Waals surface area contributed by atoms with Gasteiger partial charge in [-0.1, -0.05) is 24.9 Å². The summed E-state index contributed by atoms with van der Waals surface area (Å²) in [6.07, 6.45) is 1.35. The highest BCUT2D eigenvalue weighted by Crippen LogP contribution is 2.24. The van der Waals surface area contributed by atoms with E-state index in [-0.39, 0.29) is 21.4 Å². The molecule has 1 atom stereocenters. The van der Waals surface area contributed by atoms with Crippen LogP contribution in [0.15, 0.2) is 28.0 Å². The fourth-order valence-electron chi connectivity index (χ4n) is 1.64. The molecule has 6 nitrogen and oxygen atoms in total. The van der Waals surface area contributed by atoms with E-state index in [1.165, 1.54) is 12.1 Å². The SMILES string of the molecule is CCCC(O)CNS(=O)(=O)c1cc(S(C)(=O)=O)ccc1Cl. The Labute approximate surface area is 130 Å². The summed E-state index contributed by atoms with van der Waals surface area (Å²) in [4.78, 5) is -0.461. The second-order valence-corrected chi connectivity index (χ2v) is 8.82. The highest BCUT2D eigenvalue weighted by molar-refractivity contribution is 7.91. The maximum Gasteiger partial charge on any atom is 0.242 e. The summed E-state index contributed by atoms with van der Waals surface area (Å²) in [7, 11) is -7.54. The summed E-state index contributed by atoms with van der Waals surface area (Å²) in [5.74, 6) is 0. The Kier molecular flexibility index (Phi) is 6.18. The molecule has 21 heavy (non-hydrogen) atoms. The number of nitrogens with one attached hydrogen (secondary N) is 1. The number of hydrogen-bond donors (Lipinski definition) is 2. The minimum Gasteiger partial charge on any atom is -0.392 e. The van der Waals surface area contributed by atoms with Crippen LogP contribution < -0.4 is 4.72 Å². The zero-order valence-corrected chi connectivity index (χ0v) is 14.1. The minimum atomic E-state index is -3.99. The lowest BCUT2D eigenvalue weighted by Gasteiger charge is -2.12. The summed E-state index contributed by atoms with van der Waals surface area (Å²) >= 11 is 5.83. The molecule has 0 bridgehead atoms. The molecule has 0 aromatic heterocycles. The van der Waals surface area contributed by atoms with Crippen LogP contribution in [0.1, 0.15) is 19.8 Å². The molecule has 0 aliphatic carbocycles. The van der Waals surface area contributed by atoms with Gasteiger partial charge in [-0.2, -0.15) is 0 Å². The van der Waals surface area contributed by atoms with Gasteiger partial charge in [-0.25, -0.2) is 21.6 Å². The summed E-state index contributed by atoms with van der Waals surface area (Å²) in [6, 6.07) is 3.46. The molecule has 9 heteroatoms. The van der Waals surface area contributed by atoms with Crippen LogP contribution in [0.25, 0.3) is 0 Å². The number of rotatable bonds is 7. The van der Waals surface area contributed by atoms with Crippen LogP contribution in [0.2, 0.25) is 5.02 Å². The lowest BCUT2D eigenvalue weighted by atomic mass is 10.2. The van der Waals surface area contributed by atoms with Gasteiger partial charge in [0.15, 0.2) is 9.84 Å². The highest BCUT2D eigenvalue weighted by Gasteiger charge is 2.21. The number of hydrogen-bond acceptors (Lipinski definition) is 5. The first kappa shape index (κ1) is 18.4. The number of aliphatic hydroxyl groups is 1. The largest absolute Gasteiger partial charge is 0.392 e. The third kappa shape index (κ3) is 5.23. The fraction of sp³-hybridized carbons (Fsp3) is 0.500. The zero-order chi connectivity index (χ0) is 16.3. The first-order valence-corrected chi connectivity index (χ1v) is 10.0. The Balaban J connectivity index is 3.08. The third-order valence-electron chi connectivity index (χ3n) is 2.75. The lowest BCUT2D eigenvalue weighted by molar-refractivity contribution is 0.167. The average molecular weight is 356 g/mol. The van der Waals surface area contributed by atoms with Gasteiger partial charge in [0.25, 0.3) is 0 Å². The molecule has 0 aliphatic rings. The molecule has 1 aromatic rings. The first-order chi connectivity index (χ1) is 9.58. The zero-order valence-electron chi connectivity index (χ0n) is 11.7. The van der Waals surface area contributed by atoms with Crippen molar-refractivity contribution in [3.8, 4) is 0 Å². The maximum atomic E-state index is 12.1. The predicted molar refractivity (Wildman–Crippen MR) is 80.7 cm³/mol. The van der Waals surface area contributed by atoms with Gasteiger partial charge in [-0.05, 0) is 24.6 Å². The lowest BCUT2D eigenvalue weighted by Crippen LogP contribution is -2.32. The molecule has 0 heterocycles. The van der Waals surface area contributed by atoms with E-state index in [4.69, 9.17) is 11.6 Å². The Morgan fingerprint density at radius 2 is 1.90 bits per heavy atom. The molecular weight excluding hydrogens is 338 g/mol. The van der Waals surface area contributed by atoms with E-state index in [0.29, 0.717) is 12.8 Å². The molecule has 1 aromatic carbocycles. The third-order valence-corrected chi connectivity index (χ3v) is 5.77. The average Bonchev–Trinajstić information content (AvgIpc) is 2.36. The Bertz CT molecular complexity index is 700. The predicted octanol–water partition coefficient (Wildman–Crippen LogP) is 1.18. The molecule has 120 valence electrons. The number of halogens is 1. The van der Waals surface area contributed by atoms with Crippen molar-refractivity contribution >= 4 is 31.5 Å². The van der Waals surface area contributed by atoms with E-state index < -0.39 is 26.0 Å². The van der Waals surface area contributed by atoms with E-state index in [1.54, 1.807) is 0 Å². The van der Waals surface area contributed by atoms with Gasteiger partial charge in [0.1, 0.15) is 4.90 Å². The smallest absolute Gasteiger partial charge is 0.242 e. The summed E-state index contributed by atoms with van der Waals surface area (Å²) in [5.41, 5.74) is 0. The fourth-order valence-corrected chi connectivity index (χ4v) is 3.96. The number of aliphatic hydroxyl groups excluding tert-OH is 1. The van der Waals surface area contributed by atoms with Gasteiger partial charge in [-0.15, -0.1) is 0 Å². The van der Waals surface area contributed by atoms with Crippen molar-refractivity contribution in [1.29, 1.82) is 0 Å². The quantitative estimate of drug-likeness (QED) is 0.765. The van der Waals surface area contributed by atoms with Crippen molar-refractivity contribution in [1.82, 2.24) is 4.72 Å². The topological polar surface area (TPSA) is 101 Å². The van der Waals surface area contributed by atoms with Crippen LogP contribution in [0.4, 0.5) is 0 Å². The Morgan fingerprint density at radius 3 is 2.43 bits per heavy atom. The van der Waals surface area contributed by atoms with E-state index in [9.17, 15) is 21.9 Å². The molecule has 0 saturated carbocycles. The summed E-state index contributed by atoms with van der Waals surface area (Å²) in [5, 5.41) is 9.47. The monoisotopic (exact) mass is 355 g/mol. The van der Waals surface area contributed by atoms with Crippen LogP contribution >= 0.6 is 11.6 Å². The second-order valence-electron chi connectivity index (χ2n) is 4.66. The van der Waals surface area contributed by atoms with E-state index >= 15 is 0 Å². The number of sulfonamides is 1. The molecular formula is C12H18ClNO5S2. The van der Waals surface area contributed by atoms with E-state index in [2.05, 4.69) is 4.72 Å². The molecule has 0 aliphatic heterocycles. The van der Waals surface area contributed by atoms with Gasteiger partial charge in [-0.3, -0.25) is 0 Å². The Morgan fingerprint density at radius 1 is 1.29 bits per heavy atom. The molecule has 0 saturated heterocycles. The van der Waals surface area contributed by atoms with Crippen molar-refractivity contribution in [2.75, 3.05) is 12.8 Å². The van der Waals surface area contributed by atoms with Crippen molar-refractivity contribution in [2.24, 2.45) is 0 Å². The molecule has 2 N–H and O–H groups in total. The highest BCUT2D eigenvalue weighted by atomic mass is 35.5. The van der Waals surface area contributed by atoms with E-state index in [1.807, 2.05) is 6.92 Å². The molecule has 0 radical (unpaired) electrons. The van der Waals surface area contributed by atoms with Crippen LogP contribution in [-0.2, 0) is 19.9 Å². The molecule has 0 amide bonds. The second kappa shape index (κ2) is 7.06. The molecule has 1 rings (SSSR count). The Hall–Kier alpha value is -0.670. The van der Waals surface area contributed by atoms with Crippen LogP contribution in [0.3, 0.4) is 0 Å². The minimum absolute atomic E-state index is 0.0834. The van der Waals surface area contributed by atoms with Gasteiger partial charge < -0.3 is 5.11 Å². The summed E-state index contributed by atoms with van der Waals surface area (Å²) in [6.45, 7) is 1.71. The van der Waals surface area contributed by atoms with Gasteiger partial charge in [0.2, 0.25) is 10.0 Å². The van der Waals surface area contributed by atoms with Crippen LogP contribution in [-0.4, -0.2) is 40.8 Å². The first-order valence-electron chi connectivity index (χ1n) is 6.25. The molecule has 1 unspecified atom stereocenters. The van der Waals surface area contributed by atoms with Crippen molar-refractivity contribution < 1.29 is 21.9 Å². The van der Waals surface area contributed by atoms with Crippen molar-refractivity contribution in [3.05, 3.63) is 23.2 Å². The van der Waals surface area contributed by atoms with Crippen molar-refractivity contribution in [3.63, 3.8) is 0 Å². The normalized spacial score (nSPS) is 14.1. The van der Waals surface area contributed by atoms with E-state index in [0.717, 1.165) is 12.3 Å². The molecule has 0 spiro atoms. The number of sulfone groups is 1. The van der Waals surface area contributed by atoms with Crippen LogP contribution in [0.5, 0.6) is 0 Å². The standard InChI is InChI=1S/C12H18ClNO5S2/c1-3-4-9(15)8-14-21(18,19)12-7-10(20(2,16)17)5-6-11(12)13/h5-7,9,14-15H,3-4,8H2,1-2H3.